The lowest BCUT2D eigenvalue weighted by Crippen LogP contribution is -2.27. The normalized spacial score (nSPS) is 11.5. The fourth-order valence-corrected chi connectivity index (χ4v) is 2.20. The first-order valence-corrected chi connectivity index (χ1v) is 6.85. The van der Waals surface area contributed by atoms with Crippen molar-refractivity contribution in [2.75, 3.05) is 5.32 Å². The molecule has 0 radical (unpaired) electrons. The summed E-state index contributed by atoms with van der Waals surface area (Å²) >= 11 is 0. The smallest absolute Gasteiger partial charge is 0.412 e. The highest BCUT2D eigenvalue weighted by Gasteiger charge is 2.23. The highest BCUT2D eigenvalue weighted by atomic mass is 16.6. The number of nitrogens with one attached hydrogen (secondary N) is 1. The highest BCUT2D eigenvalue weighted by Crippen LogP contribution is 2.30. The molecule has 1 N–H and O–H groups in total. The molecule has 1 heterocycles. The number of carbonyl (C=O) groups excluding carboxylic acids is 1. The molecule has 0 bridgehead atoms. The van der Waals surface area contributed by atoms with Crippen molar-refractivity contribution < 1.29 is 14.5 Å². The van der Waals surface area contributed by atoms with Crippen molar-refractivity contribution in [2.24, 2.45) is 14.1 Å². The number of carbonyl (C=O) groups is 1. The summed E-state index contributed by atoms with van der Waals surface area (Å²) in [4.78, 5) is 34.4. The van der Waals surface area contributed by atoms with Gasteiger partial charge in [-0.15, -0.1) is 0 Å². The lowest BCUT2D eigenvalue weighted by atomic mass is 10.2. The number of anilines is 1. The highest BCUT2D eigenvalue weighted by molar-refractivity contribution is 5.93. The van der Waals surface area contributed by atoms with Crippen LogP contribution in [-0.4, -0.2) is 25.8 Å². The van der Waals surface area contributed by atoms with Gasteiger partial charge in [0.25, 0.3) is 5.69 Å². The van der Waals surface area contributed by atoms with Crippen molar-refractivity contribution in [3.8, 4) is 0 Å². The van der Waals surface area contributed by atoms with E-state index in [0.717, 1.165) is 0 Å². The van der Waals surface area contributed by atoms with Gasteiger partial charge in [-0.05, 0) is 26.8 Å². The Morgan fingerprint density at radius 3 is 2.22 bits per heavy atom. The van der Waals surface area contributed by atoms with Crippen LogP contribution >= 0.6 is 0 Å². The molecule has 0 atom stereocenters. The number of fused-ring (bicyclic) bond motifs is 1. The van der Waals surface area contributed by atoms with Crippen LogP contribution in [0.4, 0.5) is 16.2 Å². The SMILES string of the molecule is Cn1c(=O)n(C)c2cc([N+](=O)[O-])c(NC(=O)OC(C)(C)C)cc21. The van der Waals surface area contributed by atoms with Gasteiger partial charge in [0, 0.05) is 20.2 Å². The Hall–Kier alpha value is -2.84. The third-order valence-corrected chi connectivity index (χ3v) is 3.22. The second kappa shape index (κ2) is 5.41. The molecule has 0 fully saturated rings. The van der Waals surface area contributed by atoms with E-state index in [0.29, 0.717) is 11.0 Å². The Balaban J connectivity index is 2.56. The van der Waals surface area contributed by atoms with E-state index in [1.807, 2.05) is 0 Å². The molecule has 2 rings (SSSR count). The van der Waals surface area contributed by atoms with Gasteiger partial charge in [-0.25, -0.2) is 9.59 Å². The number of aromatic nitrogens is 2. The monoisotopic (exact) mass is 322 g/mol. The number of ether oxygens (including phenoxy) is 1. The van der Waals surface area contributed by atoms with Gasteiger partial charge in [0.15, 0.2) is 0 Å². The zero-order chi connectivity index (χ0) is 17.5. The standard InChI is InChI=1S/C14H18N4O5/c1-14(2,3)23-12(19)15-8-6-10-11(7-9(8)18(21)22)17(5)13(20)16(10)4/h6-7H,1-5H3,(H,15,19). The number of hydrogen-bond acceptors (Lipinski definition) is 5. The molecule has 0 saturated heterocycles. The molecule has 1 amide bonds. The Morgan fingerprint density at radius 2 is 1.74 bits per heavy atom. The third-order valence-electron chi connectivity index (χ3n) is 3.22. The molecule has 9 heteroatoms. The minimum Gasteiger partial charge on any atom is -0.444 e. The van der Waals surface area contributed by atoms with Crippen LogP contribution in [0.5, 0.6) is 0 Å². The molecule has 124 valence electrons. The van der Waals surface area contributed by atoms with Crippen LogP contribution in [0.2, 0.25) is 0 Å². The lowest BCUT2D eigenvalue weighted by molar-refractivity contribution is -0.383. The van der Waals surface area contributed by atoms with Gasteiger partial charge in [-0.1, -0.05) is 0 Å². The predicted molar refractivity (Wildman–Crippen MR) is 84.7 cm³/mol. The van der Waals surface area contributed by atoms with E-state index < -0.39 is 16.6 Å². The molecule has 9 nitrogen and oxygen atoms in total. The maximum Gasteiger partial charge on any atom is 0.412 e. The van der Waals surface area contributed by atoms with Crippen molar-refractivity contribution in [2.45, 2.75) is 26.4 Å². The number of hydrogen-bond donors (Lipinski definition) is 1. The second-order valence-corrected chi connectivity index (χ2v) is 6.14. The Bertz CT molecular complexity index is 857. The van der Waals surface area contributed by atoms with Crippen LogP contribution in [0.25, 0.3) is 11.0 Å². The first-order chi connectivity index (χ1) is 10.5. The number of aryl methyl sites for hydroxylation is 2. The van der Waals surface area contributed by atoms with E-state index in [9.17, 15) is 19.7 Å². The third kappa shape index (κ3) is 3.17. The second-order valence-electron chi connectivity index (χ2n) is 6.14. The molecule has 0 saturated carbocycles. The van der Waals surface area contributed by atoms with Gasteiger partial charge in [0.2, 0.25) is 0 Å². The summed E-state index contributed by atoms with van der Waals surface area (Å²) in [5.41, 5.74) is -0.526. The topological polar surface area (TPSA) is 108 Å². The molecular formula is C14H18N4O5. The zero-order valence-corrected chi connectivity index (χ0v) is 13.5. The minimum absolute atomic E-state index is 0.0297. The predicted octanol–water partition coefficient (Wildman–Crippen LogP) is 2.13. The van der Waals surface area contributed by atoms with E-state index in [4.69, 9.17) is 4.74 Å². The molecule has 23 heavy (non-hydrogen) atoms. The molecule has 1 aromatic heterocycles. The summed E-state index contributed by atoms with van der Waals surface area (Å²) in [7, 11) is 3.07. The summed E-state index contributed by atoms with van der Waals surface area (Å²) in [6, 6.07) is 2.64. The average Bonchev–Trinajstić information content (AvgIpc) is 2.60. The van der Waals surface area contributed by atoms with E-state index in [-0.39, 0.29) is 17.1 Å². The number of nitrogens with zero attached hydrogens (tertiary/aromatic N) is 3. The molecular weight excluding hydrogens is 304 g/mol. The molecule has 0 aliphatic carbocycles. The lowest BCUT2D eigenvalue weighted by Gasteiger charge is -2.19. The maximum absolute atomic E-state index is 11.9. The van der Waals surface area contributed by atoms with Crippen molar-refractivity contribution >= 4 is 28.5 Å². The van der Waals surface area contributed by atoms with Crippen LogP contribution in [-0.2, 0) is 18.8 Å². The summed E-state index contributed by atoms with van der Waals surface area (Å²) < 4.78 is 7.75. The maximum atomic E-state index is 11.9. The van der Waals surface area contributed by atoms with Crippen LogP contribution in [0, 0.1) is 10.1 Å². The van der Waals surface area contributed by atoms with Gasteiger partial charge in [-0.2, -0.15) is 0 Å². The Kier molecular flexibility index (Phi) is 3.89. The first kappa shape index (κ1) is 16.5. The summed E-state index contributed by atoms with van der Waals surface area (Å²) in [5, 5.41) is 13.6. The van der Waals surface area contributed by atoms with E-state index in [2.05, 4.69) is 5.32 Å². The van der Waals surface area contributed by atoms with Gasteiger partial charge in [0.1, 0.15) is 11.3 Å². The number of imidazole rings is 1. The number of benzene rings is 1. The molecule has 0 unspecified atom stereocenters. The van der Waals surface area contributed by atoms with Crippen LogP contribution in [0.15, 0.2) is 16.9 Å². The molecule has 0 spiro atoms. The van der Waals surface area contributed by atoms with Crippen LogP contribution < -0.4 is 11.0 Å². The molecule has 0 aliphatic heterocycles. The van der Waals surface area contributed by atoms with Crippen molar-refractivity contribution in [3.63, 3.8) is 0 Å². The quantitative estimate of drug-likeness (QED) is 0.673. The van der Waals surface area contributed by atoms with E-state index in [1.165, 1.54) is 28.3 Å². The van der Waals surface area contributed by atoms with Gasteiger partial charge >= 0.3 is 11.8 Å². The summed E-state index contributed by atoms with van der Waals surface area (Å²) in [6.07, 6.45) is -0.805. The molecule has 1 aromatic carbocycles. The fraction of sp³-hybridized carbons (Fsp3) is 0.429. The van der Waals surface area contributed by atoms with Gasteiger partial charge in [-0.3, -0.25) is 24.6 Å². The zero-order valence-electron chi connectivity index (χ0n) is 13.5. The van der Waals surface area contributed by atoms with Crippen molar-refractivity contribution in [1.29, 1.82) is 0 Å². The number of rotatable bonds is 2. The number of amides is 1. The van der Waals surface area contributed by atoms with E-state index >= 15 is 0 Å². The van der Waals surface area contributed by atoms with Crippen molar-refractivity contribution in [3.05, 3.63) is 32.7 Å². The van der Waals surface area contributed by atoms with Gasteiger partial charge < -0.3 is 4.74 Å². The van der Waals surface area contributed by atoms with Crippen LogP contribution in [0.1, 0.15) is 20.8 Å². The Labute approximate surface area is 131 Å². The fourth-order valence-electron chi connectivity index (χ4n) is 2.20. The first-order valence-electron chi connectivity index (χ1n) is 6.85. The number of nitro groups is 1. The van der Waals surface area contributed by atoms with E-state index in [1.54, 1.807) is 27.8 Å². The largest absolute Gasteiger partial charge is 0.444 e. The van der Waals surface area contributed by atoms with Crippen LogP contribution in [0.3, 0.4) is 0 Å². The minimum atomic E-state index is -0.805. The molecule has 0 aliphatic rings. The molecule has 2 aromatic rings. The summed E-state index contributed by atoms with van der Waals surface area (Å²) in [6.45, 7) is 5.06. The average molecular weight is 322 g/mol. The van der Waals surface area contributed by atoms with Crippen molar-refractivity contribution in [1.82, 2.24) is 9.13 Å². The summed E-state index contributed by atoms with van der Waals surface area (Å²) in [5.74, 6) is 0. The number of nitro benzene ring substituents is 1. The van der Waals surface area contributed by atoms with Gasteiger partial charge in [0.05, 0.1) is 16.0 Å². The Morgan fingerprint density at radius 1 is 1.22 bits per heavy atom.